The summed E-state index contributed by atoms with van der Waals surface area (Å²) in [6.45, 7) is 15.6. The van der Waals surface area contributed by atoms with Crippen LogP contribution < -0.4 is 5.19 Å². The van der Waals surface area contributed by atoms with Crippen LogP contribution in [0.15, 0.2) is 42.6 Å². The van der Waals surface area contributed by atoms with Crippen molar-refractivity contribution in [2.75, 3.05) is 13.1 Å². The lowest BCUT2D eigenvalue weighted by molar-refractivity contribution is 0.461. The van der Waals surface area contributed by atoms with Crippen LogP contribution in [0.1, 0.15) is 34.1 Å². The van der Waals surface area contributed by atoms with Gasteiger partial charge < -0.3 is 4.57 Å². The van der Waals surface area contributed by atoms with Crippen LogP contribution in [0, 0.1) is 0 Å². The monoisotopic (exact) mass is 261 g/mol. The van der Waals surface area contributed by atoms with E-state index in [1.807, 2.05) is 0 Å². The van der Waals surface area contributed by atoms with Crippen LogP contribution in [-0.2, 0) is 0 Å². The molecule has 0 aliphatic heterocycles. The van der Waals surface area contributed by atoms with E-state index >= 15 is 0 Å². The van der Waals surface area contributed by atoms with Gasteiger partial charge in [-0.3, -0.25) is 0 Å². The first-order chi connectivity index (χ1) is 8.67. The highest BCUT2D eigenvalue weighted by Gasteiger charge is 2.41. The first-order valence-corrected chi connectivity index (χ1v) is 9.21. The van der Waals surface area contributed by atoms with E-state index in [4.69, 9.17) is 0 Å². The highest BCUT2D eigenvalue weighted by molar-refractivity contribution is 6.94. The zero-order chi connectivity index (χ0) is 13.6. The van der Waals surface area contributed by atoms with Crippen molar-refractivity contribution >= 4 is 13.4 Å². The van der Waals surface area contributed by atoms with Crippen LogP contribution in [0.2, 0.25) is 5.54 Å². The van der Waals surface area contributed by atoms with Crippen LogP contribution >= 0.6 is 0 Å². The van der Waals surface area contributed by atoms with Crippen molar-refractivity contribution < 1.29 is 0 Å². The highest BCUT2D eigenvalue weighted by atomic mass is 28.3. The normalized spacial score (nSPS) is 16.3. The van der Waals surface area contributed by atoms with E-state index in [1.54, 1.807) is 0 Å². The highest BCUT2D eigenvalue weighted by Crippen LogP contribution is 2.29. The van der Waals surface area contributed by atoms with Gasteiger partial charge in [-0.1, -0.05) is 70.1 Å². The molecule has 1 nitrogen and oxygen atoms in total. The van der Waals surface area contributed by atoms with Gasteiger partial charge in [0.1, 0.15) is 0 Å². The van der Waals surface area contributed by atoms with Crippen molar-refractivity contribution in [2.24, 2.45) is 0 Å². The predicted octanol–water partition coefficient (Wildman–Crippen LogP) is 3.71. The van der Waals surface area contributed by atoms with E-state index in [1.165, 1.54) is 11.6 Å². The van der Waals surface area contributed by atoms with Crippen molar-refractivity contribution in [1.82, 2.24) is 4.57 Å². The summed E-state index contributed by atoms with van der Waals surface area (Å²) in [4.78, 5) is 0. The Balaban J connectivity index is 3.35. The molecule has 0 N–H and O–H groups in total. The fourth-order valence-electron chi connectivity index (χ4n) is 2.99. The molecular formula is C16H27NSi. The van der Waals surface area contributed by atoms with E-state index in [0.29, 0.717) is 5.54 Å². The lowest BCUT2D eigenvalue weighted by Gasteiger charge is -2.43. The van der Waals surface area contributed by atoms with E-state index < -0.39 is 8.24 Å². The second-order valence-electron chi connectivity index (χ2n) is 4.88. The van der Waals surface area contributed by atoms with Gasteiger partial charge in [0, 0.05) is 0 Å². The Bertz CT molecular complexity index is 359. The Hall–Kier alpha value is -0.863. The number of benzene rings is 1. The molecule has 0 aliphatic rings. The summed E-state index contributed by atoms with van der Waals surface area (Å²) in [6, 6.07) is 11.0. The Morgan fingerprint density at radius 2 is 1.72 bits per heavy atom. The standard InChI is InChI=1S/C16H27NSi/c1-6-15(5)18(9-4,17(7-2)8-3)16-13-11-10-12-14-16/h9-15H,4,6-8H2,1-3,5H3. The van der Waals surface area contributed by atoms with Crippen LogP contribution in [0.3, 0.4) is 0 Å². The second kappa shape index (κ2) is 6.91. The van der Waals surface area contributed by atoms with Gasteiger partial charge in [-0.15, -0.1) is 6.58 Å². The molecule has 0 fully saturated rings. The molecule has 1 rings (SSSR count). The Labute approximate surface area is 114 Å². The van der Waals surface area contributed by atoms with Crippen LogP contribution in [-0.4, -0.2) is 25.9 Å². The van der Waals surface area contributed by atoms with Gasteiger partial charge >= 0.3 is 0 Å². The van der Waals surface area contributed by atoms with Crippen molar-refractivity contribution in [3.05, 3.63) is 42.6 Å². The van der Waals surface area contributed by atoms with E-state index in [-0.39, 0.29) is 0 Å². The minimum atomic E-state index is -1.78. The summed E-state index contributed by atoms with van der Waals surface area (Å²) in [6.07, 6.45) is 1.21. The molecule has 100 valence electrons. The van der Waals surface area contributed by atoms with Gasteiger partial charge in [0.2, 0.25) is 0 Å². The zero-order valence-corrected chi connectivity index (χ0v) is 13.3. The van der Waals surface area contributed by atoms with E-state index in [9.17, 15) is 0 Å². The average molecular weight is 261 g/mol. The largest absolute Gasteiger partial charge is 0.317 e. The summed E-state index contributed by atoms with van der Waals surface area (Å²) in [5.74, 6) is 0. The molecule has 0 saturated heterocycles. The SMILES string of the molecule is C=C[Si](c1ccccc1)(C(C)CC)N(CC)CC. The fourth-order valence-corrected chi connectivity index (χ4v) is 7.84. The Morgan fingerprint density at radius 3 is 2.11 bits per heavy atom. The van der Waals surface area contributed by atoms with Gasteiger partial charge in [0.25, 0.3) is 0 Å². The van der Waals surface area contributed by atoms with Crippen LogP contribution in [0.5, 0.6) is 0 Å². The third kappa shape index (κ3) is 2.60. The molecule has 0 aliphatic carbocycles. The average Bonchev–Trinajstić information content (AvgIpc) is 2.45. The molecule has 2 unspecified atom stereocenters. The van der Waals surface area contributed by atoms with Gasteiger partial charge in [-0.2, -0.15) is 0 Å². The number of rotatable bonds is 7. The van der Waals surface area contributed by atoms with Crippen LogP contribution in [0.4, 0.5) is 0 Å². The molecule has 2 heteroatoms. The maximum Gasteiger partial charge on any atom is 0.187 e. The molecule has 1 aromatic carbocycles. The molecule has 0 aromatic heterocycles. The molecule has 0 saturated carbocycles. The number of hydrogen-bond acceptors (Lipinski definition) is 1. The maximum absolute atomic E-state index is 4.22. The lowest BCUT2D eigenvalue weighted by Crippen LogP contribution is -2.63. The summed E-state index contributed by atoms with van der Waals surface area (Å²) < 4.78 is 2.66. The Morgan fingerprint density at radius 1 is 1.17 bits per heavy atom. The summed E-state index contributed by atoms with van der Waals surface area (Å²) in [7, 11) is -1.78. The van der Waals surface area contributed by atoms with Gasteiger partial charge in [-0.25, -0.2) is 0 Å². The topological polar surface area (TPSA) is 3.24 Å². The summed E-state index contributed by atoms with van der Waals surface area (Å²) >= 11 is 0. The fraction of sp³-hybridized carbons (Fsp3) is 0.500. The first kappa shape index (κ1) is 15.2. The molecule has 1 aromatic rings. The molecule has 0 amide bonds. The van der Waals surface area contributed by atoms with Gasteiger partial charge in [0.05, 0.1) is 0 Å². The van der Waals surface area contributed by atoms with Crippen LogP contribution in [0.25, 0.3) is 0 Å². The zero-order valence-electron chi connectivity index (χ0n) is 12.3. The van der Waals surface area contributed by atoms with Crippen molar-refractivity contribution in [2.45, 2.75) is 39.7 Å². The first-order valence-electron chi connectivity index (χ1n) is 7.11. The van der Waals surface area contributed by atoms with Crippen molar-refractivity contribution in [3.8, 4) is 0 Å². The molecule has 0 heterocycles. The minimum Gasteiger partial charge on any atom is -0.317 e. The Kier molecular flexibility index (Phi) is 5.83. The summed E-state index contributed by atoms with van der Waals surface area (Å²) in [5.41, 5.74) is 2.97. The van der Waals surface area contributed by atoms with Crippen molar-refractivity contribution in [1.29, 1.82) is 0 Å². The van der Waals surface area contributed by atoms with Gasteiger partial charge in [-0.05, 0) is 23.8 Å². The predicted molar refractivity (Wildman–Crippen MR) is 84.7 cm³/mol. The quantitative estimate of drug-likeness (QED) is 0.676. The molecule has 0 bridgehead atoms. The third-order valence-corrected chi connectivity index (χ3v) is 9.67. The molecule has 0 radical (unpaired) electrons. The second-order valence-corrected chi connectivity index (χ2v) is 9.13. The molecule has 0 spiro atoms. The maximum atomic E-state index is 4.22. The van der Waals surface area contributed by atoms with E-state index in [2.05, 4.69) is 74.9 Å². The third-order valence-electron chi connectivity index (χ3n) is 4.20. The van der Waals surface area contributed by atoms with E-state index in [0.717, 1.165) is 13.1 Å². The molecule has 2 atom stereocenters. The minimum absolute atomic E-state index is 0.692. The molecular weight excluding hydrogens is 234 g/mol. The number of hydrogen-bond donors (Lipinski definition) is 0. The summed E-state index contributed by atoms with van der Waals surface area (Å²) in [5, 5.41) is 1.50. The smallest absolute Gasteiger partial charge is 0.187 e. The van der Waals surface area contributed by atoms with Gasteiger partial charge in [0.15, 0.2) is 8.24 Å². The lowest BCUT2D eigenvalue weighted by atomic mass is 10.4. The van der Waals surface area contributed by atoms with Crippen molar-refractivity contribution in [3.63, 3.8) is 0 Å². The number of nitrogens with zero attached hydrogens (tertiary/aromatic N) is 1. The molecule has 18 heavy (non-hydrogen) atoms.